The van der Waals surface area contributed by atoms with Crippen LogP contribution < -0.4 is 5.32 Å². The molecule has 6 heteroatoms. The molecule has 0 amide bonds. The van der Waals surface area contributed by atoms with Crippen molar-refractivity contribution in [3.8, 4) is 0 Å². The Morgan fingerprint density at radius 1 is 1.47 bits per heavy atom. The molecular weight excluding hydrogens is 251 g/mol. The monoisotopic (exact) mass is 268 g/mol. The van der Waals surface area contributed by atoms with Crippen molar-refractivity contribution in [2.24, 2.45) is 0 Å². The third-order valence-corrected chi connectivity index (χ3v) is 3.21. The lowest BCUT2D eigenvalue weighted by Gasteiger charge is -2.23. The summed E-state index contributed by atoms with van der Waals surface area (Å²) in [6.07, 6.45) is 3.49. The van der Waals surface area contributed by atoms with Crippen molar-refractivity contribution in [3.05, 3.63) is 39.7 Å². The van der Waals surface area contributed by atoms with Gasteiger partial charge in [-0.1, -0.05) is 6.42 Å². The van der Waals surface area contributed by atoms with E-state index in [1.165, 1.54) is 25.0 Å². The fourth-order valence-electron chi connectivity index (χ4n) is 2.17. The van der Waals surface area contributed by atoms with Crippen LogP contribution in [0.15, 0.2) is 18.2 Å². The Morgan fingerprint density at radius 3 is 2.95 bits per heavy atom. The number of piperidine rings is 1. The molecule has 1 N–H and O–H groups in total. The summed E-state index contributed by atoms with van der Waals surface area (Å²) in [5, 5.41) is 13.8. The van der Waals surface area contributed by atoms with Gasteiger partial charge in [0.05, 0.1) is 18.1 Å². The van der Waals surface area contributed by atoms with E-state index in [2.05, 4.69) is 5.32 Å². The van der Waals surface area contributed by atoms with E-state index in [-0.39, 0.29) is 6.61 Å². The first-order valence-corrected chi connectivity index (χ1v) is 6.41. The van der Waals surface area contributed by atoms with Gasteiger partial charge in [-0.05, 0) is 37.1 Å². The van der Waals surface area contributed by atoms with Crippen LogP contribution in [0.1, 0.15) is 24.8 Å². The van der Waals surface area contributed by atoms with Crippen molar-refractivity contribution >= 4 is 5.69 Å². The van der Waals surface area contributed by atoms with Crippen molar-refractivity contribution in [2.45, 2.75) is 31.9 Å². The van der Waals surface area contributed by atoms with E-state index in [1.807, 2.05) is 0 Å². The first-order valence-electron chi connectivity index (χ1n) is 6.41. The zero-order valence-corrected chi connectivity index (χ0v) is 10.6. The van der Waals surface area contributed by atoms with E-state index in [0.717, 1.165) is 19.0 Å². The minimum absolute atomic E-state index is 0.271. The predicted octanol–water partition coefficient (Wildman–Crippen LogP) is 2.39. The van der Waals surface area contributed by atoms with E-state index < -0.39 is 16.4 Å². The molecule has 19 heavy (non-hydrogen) atoms. The molecule has 1 heterocycles. The second-order valence-electron chi connectivity index (χ2n) is 4.70. The summed E-state index contributed by atoms with van der Waals surface area (Å²) in [5.74, 6) is -0.818. The van der Waals surface area contributed by atoms with Gasteiger partial charge in [-0.25, -0.2) is 0 Å². The summed E-state index contributed by atoms with van der Waals surface area (Å²) in [5.41, 5.74) is 0.108. The van der Waals surface area contributed by atoms with Crippen LogP contribution >= 0.6 is 0 Å². The minimum atomic E-state index is -0.818. The van der Waals surface area contributed by atoms with Gasteiger partial charge in [0.1, 0.15) is 0 Å². The lowest BCUT2D eigenvalue weighted by molar-refractivity contribution is -0.387. The van der Waals surface area contributed by atoms with Gasteiger partial charge in [-0.2, -0.15) is 4.39 Å². The number of rotatable bonds is 5. The Kier molecular flexibility index (Phi) is 4.81. The van der Waals surface area contributed by atoms with Crippen LogP contribution in [-0.2, 0) is 11.3 Å². The molecule has 0 spiro atoms. The first-order chi connectivity index (χ1) is 9.16. The molecule has 2 rings (SSSR count). The number of hydrogen-bond donors (Lipinski definition) is 1. The molecule has 5 nitrogen and oxygen atoms in total. The summed E-state index contributed by atoms with van der Waals surface area (Å²) >= 11 is 0. The Labute approximate surface area is 110 Å². The normalized spacial score (nSPS) is 19.3. The minimum Gasteiger partial charge on any atom is -0.375 e. The van der Waals surface area contributed by atoms with Gasteiger partial charge in [0, 0.05) is 12.1 Å². The molecule has 0 saturated carbocycles. The molecule has 1 aromatic carbocycles. The summed E-state index contributed by atoms with van der Waals surface area (Å²) in [6, 6.07) is 4.21. The van der Waals surface area contributed by atoms with Crippen molar-refractivity contribution < 1.29 is 14.1 Å². The van der Waals surface area contributed by atoms with Crippen molar-refractivity contribution in [1.29, 1.82) is 0 Å². The van der Waals surface area contributed by atoms with E-state index >= 15 is 0 Å². The zero-order valence-electron chi connectivity index (χ0n) is 10.6. The SMILES string of the molecule is O=[N+]([O-])c1ccc(COCC2CCCCN2)cc1F. The first kappa shape index (κ1) is 13.9. The molecule has 1 atom stereocenters. The van der Waals surface area contributed by atoms with Gasteiger partial charge in [0.2, 0.25) is 5.82 Å². The summed E-state index contributed by atoms with van der Waals surface area (Å²) in [6.45, 7) is 1.87. The highest BCUT2D eigenvalue weighted by Gasteiger charge is 2.15. The van der Waals surface area contributed by atoms with Gasteiger partial charge in [0.15, 0.2) is 0 Å². The highest BCUT2D eigenvalue weighted by Crippen LogP contribution is 2.18. The number of nitrogens with one attached hydrogen (secondary N) is 1. The molecule has 1 aliphatic rings. The maximum atomic E-state index is 13.4. The maximum Gasteiger partial charge on any atom is 0.304 e. The Morgan fingerprint density at radius 2 is 2.32 bits per heavy atom. The molecule has 1 aromatic rings. The number of nitro benzene ring substituents is 1. The number of ether oxygens (including phenoxy) is 1. The third kappa shape index (κ3) is 3.97. The van der Waals surface area contributed by atoms with Crippen LogP contribution in [0.25, 0.3) is 0 Å². The van der Waals surface area contributed by atoms with Crippen LogP contribution in [0.5, 0.6) is 0 Å². The third-order valence-electron chi connectivity index (χ3n) is 3.21. The lowest BCUT2D eigenvalue weighted by Crippen LogP contribution is -2.37. The molecule has 0 bridgehead atoms. The highest BCUT2D eigenvalue weighted by molar-refractivity contribution is 5.34. The highest BCUT2D eigenvalue weighted by atomic mass is 19.1. The molecule has 1 aliphatic heterocycles. The quantitative estimate of drug-likeness (QED) is 0.658. The Bertz CT molecular complexity index is 448. The maximum absolute atomic E-state index is 13.4. The second-order valence-corrected chi connectivity index (χ2v) is 4.70. The molecule has 0 radical (unpaired) electrons. The van der Waals surface area contributed by atoms with Gasteiger partial charge < -0.3 is 10.1 Å². The molecule has 104 valence electrons. The molecule has 0 aromatic heterocycles. The number of nitro groups is 1. The predicted molar refractivity (Wildman–Crippen MR) is 68.4 cm³/mol. The van der Waals surface area contributed by atoms with Crippen molar-refractivity contribution in [3.63, 3.8) is 0 Å². The second kappa shape index (κ2) is 6.58. The van der Waals surface area contributed by atoms with Crippen LogP contribution in [0, 0.1) is 15.9 Å². The largest absolute Gasteiger partial charge is 0.375 e. The van der Waals surface area contributed by atoms with Crippen LogP contribution in [0.4, 0.5) is 10.1 Å². The van der Waals surface area contributed by atoms with Crippen molar-refractivity contribution in [2.75, 3.05) is 13.2 Å². The van der Waals surface area contributed by atoms with Gasteiger partial charge in [0.25, 0.3) is 0 Å². The summed E-state index contributed by atoms with van der Waals surface area (Å²) < 4.78 is 18.9. The molecule has 0 aliphatic carbocycles. The average molecular weight is 268 g/mol. The Balaban J connectivity index is 1.82. The topological polar surface area (TPSA) is 64.4 Å². The molecule has 1 fully saturated rings. The number of halogens is 1. The van der Waals surface area contributed by atoms with Gasteiger partial charge >= 0.3 is 5.69 Å². The van der Waals surface area contributed by atoms with Gasteiger partial charge in [-0.3, -0.25) is 10.1 Å². The van der Waals surface area contributed by atoms with Crippen LogP contribution in [0.2, 0.25) is 0 Å². The number of benzene rings is 1. The smallest absolute Gasteiger partial charge is 0.304 e. The zero-order chi connectivity index (χ0) is 13.7. The standard InChI is InChI=1S/C13H17FN2O3/c14-12-7-10(4-5-13(12)16(17)18)8-19-9-11-3-1-2-6-15-11/h4-5,7,11,15H,1-3,6,8-9H2. The van der Waals surface area contributed by atoms with Crippen molar-refractivity contribution in [1.82, 2.24) is 5.32 Å². The van der Waals surface area contributed by atoms with E-state index in [9.17, 15) is 14.5 Å². The van der Waals surface area contributed by atoms with Crippen LogP contribution in [-0.4, -0.2) is 24.1 Å². The van der Waals surface area contributed by atoms with Gasteiger partial charge in [-0.15, -0.1) is 0 Å². The molecule has 1 saturated heterocycles. The summed E-state index contributed by atoms with van der Waals surface area (Å²) in [7, 11) is 0. The fraction of sp³-hybridized carbons (Fsp3) is 0.538. The number of hydrogen-bond acceptors (Lipinski definition) is 4. The number of nitrogens with zero attached hydrogens (tertiary/aromatic N) is 1. The van der Waals surface area contributed by atoms with E-state index in [0.29, 0.717) is 18.2 Å². The lowest BCUT2D eigenvalue weighted by atomic mass is 10.1. The fourth-order valence-corrected chi connectivity index (χ4v) is 2.17. The van der Waals surface area contributed by atoms with Crippen LogP contribution in [0.3, 0.4) is 0 Å². The van der Waals surface area contributed by atoms with E-state index in [1.54, 1.807) is 0 Å². The molecular formula is C13H17FN2O3. The Hall–Kier alpha value is -1.53. The van der Waals surface area contributed by atoms with E-state index in [4.69, 9.17) is 4.74 Å². The average Bonchev–Trinajstić information content (AvgIpc) is 2.39. The summed E-state index contributed by atoms with van der Waals surface area (Å²) in [4.78, 5) is 9.75. The molecule has 1 unspecified atom stereocenters.